The minimum Gasteiger partial charge on any atom is -0.467 e. The molecule has 1 aliphatic heterocycles. The molecule has 0 saturated carbocycles. The van der Waals surface area contributed by atoms with Crippen LogP contribution in [0.15, 0.2) is 18.5 Å². The number of hydrogen-bond donors (Lipinski definition) is 0. The molecular formula is C14H19N3O3. The molecule has 0 aliphatic carbocycles. The van der Waals surface area contributed by atoms with Gasteiger partial charge in [-0.1, -0.05) is 0 Å². The van der Waals surface area contributed by atoms with Gasteiger partial charge >= 0.3 is 5.97 Å². The summed E-state index contributed by atoms with van der Waals surface area (Å²) in [6.07, 6.45) is 9.21. The van der Waals surface area contributed by atoms with Gasteiger partial charge in [0.15, 0.2) is 0 Å². The van der Waals surface area contributed by atoms with Crippen molar-refractivity contribution in [2.45, 2.75) is 25.3 Å². The molecule has 1 aromatic rings. The van der Waals surface area contributed by atoms with Crippen molar-refractivity contribution in [2.24, 2.45) is 7.05 Å². The van der Waals surface area contributed by atoms with Gasteiger partial charge in [0.25, 0.3) is 0 Å². The SMILES string of the molecule is COC(=O)[C@H]1CCCCN1C(=O)/C=C/c1cnn(C)c1. The van der Waals surface area contributed by atoms with Crippen LogP contribution in [0.2, 0.25) is 0 Å². The van der Waals surface area contributed by atoms with Crippen LogP contribution in [0.25, 0.3) is 6.08 Å². The van der Waals surface area contributed by atoms with Crippen LogP contribution in [0.3, 0.4) is 0 Å². The second kappa shape index (κ2) is 6.36. The first-order valence-electron chi connectivity index (χ1n) is 6.67. The second-order valence-electron chi connectivity index (χ2n) is 4.85. The van der Waals surface area contributed by atoms with Gasteiger partial charge in [-0.15, -0.1) is 0 Å². The van der Waals surface area contributed by atoms with Crippen molar-refractivity contribution in [1.82, 2.24) is 14.7 Å². The first-order chi connectivity index (χ1) is 9.61. The van der Waals surface area contributed by atoms with Crippen molar-refractivity contribution >= 4 is 18.0 Å². The van der Waals surface area contributed by atoms with Gasteiger partial charge in [0.05, 0.1) is 13.3 Å². The van der Waals surface area contributed by atoms with Crippen molar-refractivity contribution < 1.29 is 14.3 Å². The number of methoxy groups -OCH3 is 1. The van der Waals surface area contributed by atoms with E-state index in [0.717, 1.165) is 18.4 Å². The summed E-state index contributed by atoms with van der Waals surface area (Å²) in [5.41, 5.74) is 0.854. The maximum Gasteiger partial charge on any atom is 0.328 e. The van der Waals surface area contributed by atoms with Gasteiger partial charge in [-0.25, -0.2) is 4.79 Å². The van der Waals surface area contributed by atoms with E-state index in [1.165, 1.54) is 13.2 Å². The molecule has 20 heavy (non-hydrogen) atoms. The molecule has 6 heteroatoms. The Balaban J connectivity index is 2.06. The number of esters is 1. The number of likely N-dealkylation sites (tertiary alicyclic amines) is 1. The van der Waals surface area contributed by atoms with Crippen molar-refractivity contribution in [3.05, 3.63) is 24.0 Å². The van der Waals surface area contributed by atoms with Gasteiger partial charge < -0.3 is 9.64 Å². The van der Waals surface area contributed by atoms with E-state index in [-0.39, 0.29) is 11.9 Å². The molecule has 0 N–H and O–H groups in total. The summed E-state index contributed by atoms with van der Waals surface area (Å²) in [4.78, 5) is 25.5. The first kappa shape index (κ1) is 14.3. The number of amides is 1. The Hall–Kier alpha value is -2.11. The Morgan fingerprint density at radius 1 is 1.45 bits per heavy atom. The fraction of sp³-hybridized carbons (Fsp3) is 0.500. The predicted octanol–water partition coefficient (Wildman–Crippen LogP) is 0.987. The zero-order chi connectivity index (χ0) is 14.5. The normalized spacial score (nSPS) is 19.3. The number of piperidine rings is 1. The predicted molar refractivity (Wildman–Crippen MR) is 73.6 cm³/mol. The van der Waals surface area contributed by atoms with Gasteiger partial charge in [0.1, 0.15) is 6.04 Å². The summed E-state index contributed by atoms with van der Waals surface area (Å²) >= 11 is 0. The van der Waals surface area contributed by atoms with E-state index < -0.39 is 6.04 Å². The summed E-state index contributed by atoms with van der Waals surface area (Å²) in [6.45, 7) is 0.593. The van der Waals surface area contributed by atoms with Crippen LogP contribution in [0.5, 0.6) is 0 Å². The average Bonchev–Trinajstić information content (AvgIpc) is 2.89. The molecule has 0 bridgehead atoms. The van der Waals surface area contributed by atoms with Crippen LogP contribution in [-0.2, 0) is 21.4 Å². The van der Waals surface area contributed by atoms with Crippen molar-refractivity contribution in [3.63, 3.8) is 0 Å². The van der Waals surface area contributed by atoms with Crippen molar-refractivity contribution in [1.29, 1.82) is 0 Å². The summed E-state index contributed by atoms with van der Waals surface area (Å²) in [7, 11) is 3.17. The summed E-state index contributed by atoms with van der Waals surface area (Å²) in [5, 5.41) is 4.03. The highest BCUT2D eigenvalue weighted by molar-refractivity contribution is 5.94. The molecule has 1 fully saturated rings. The number of carbonyl (C=O) groups is 2. The molecule has 6 nitrogen and oxygen atoms in total. The van der Waals surface area contributed by atoms with Crippen LogP contribution in [-0.4, -0.2) is 46.3 Å². The summed E-state index contributed by atoms with van der Waals surface area (Å²) in [6, 6.07) is -0.459. The number of rotatable bonds is 3. The number of hydrogen-bond acceptors (Lipinski definition) is 4. The molecule has 0 aromatic carbocycles. The highest BCUT2D eigenvalue weighted by atomic mass is 16.5. The third-order valence-corrected chi connectivity index (χ3v) is 3.40. The lowest BCUT2D eigenvalue weighted by molar-refractivity contribution is -0.153. The molecule has 1 aromatic heterocycles. The summed E-state index contributed by atoms with van der Waals surface area (Å²) < 4.78 is 6.43. The average molecular weight is 277 g/mol. The highest BCUT2D eigenvalue weighted by Gasteiger charge is 2.31. The fourth-order valence-corrected chi connectivity index (χ4v) is 2.37. The third-order valence-electron chi connectivity index (χ3n) is 3.40. The monoisotopic (exact) mass is 277 g/mol. The Morgan fingerprint density at radius 3 is 2.90 bits per heavy atom. The minimum atomic E-state index is -0.459. The molecule has 1 aliphatic rings. The zero-order valence-corrected chi connectivity index (χ0v) is 11.8. The second-order valence-corrected chi connectivity index (χ2v) is 4.85. The first-order valence-corrected chi connectivity index (χ1v) is 6.67. The number of carbonyl (C=O) groups excluding carboxylic acids is 2. The Kier molecular flexibility index (Phi) is 4.55. The molecule has 108 valence electrons. The van der Waals surface area contributed by atoms with Gasteiger partial charge in [0, 0.05) is 31.4 Å². The molecule has 2 rings (SSSR count). The summed E-state index contributed by atoms with van der Waals surface area (Å²) in [5.74, 6) is -0.503. The Labute approximate surface area is 118 Å². The molecule has 1 saturated heterocycles. The molecule has 2 heterocycles. The van der Waals surface area contributed by atoms with E-state index in [9.17, 15) is 9.59 Å². The Morgan fingerprint density at radius 2 is 2.25 bits per heavy atom. The van der Waals surface area contributed by atoms with Crippen LogP contribution >= 0.6 is 0 Å². The van der Waals surface area contributed by atoms with E-state index in [0.29, 0.717) is 13.0 Å². The largest absolute Gasteiger partial charge is 0.467 e. The lowest BCUT2D eigenvalue weighted by Gasteiger charge is -2.32. The fourth-order valence-electron chi connectivity index (χ4n) is 2.37. The van der Waals surface area contributed by atoms with E-state index in [2.05, 4.69) is 5.10 Å². The molecule has 0 radical (unpaired) electrons. The molecule has 1 amide bonds. The third kappa shape index (κ3) is 3.26. The maximum atomic E-state index is 12.2. The number of ether oxygens (including phenoxy) is 1. The van der Waals surface area contributed by atoms with Gasteiger partial charge in [-0.3, -0.25) is 9.48 Å². The number of aryl methyl sites for hydroxylation is 1. The van der Waals surface area contributed by atoms with E-state index >= 15 is 0 Å². The number of nitrogens with zero attached hydrogens (tertiary/aromatic N) is 3. The lowest BCUT2D eigenvalue weighted by atomic mass is 10.0. The van der Waals surface area contributed by atoms with E-state index in [4.69, 9.17) is 4.74 Å². The van der Waals surface area contributed by atoms with E-state index in [1.54, 1.807) is 21.9 Å². The zero-order valence-electron chi connectivity index (χ0n) is 11.8. The molecule has 0 spiro atoms. The van der Waals surface area contributed by atoms with Crippen molar-refractivity contribution in [3.8, 4) is 0 Å². The van der Waals surface area contributed by atoms with Crippen LogP contribution in [0.1, 0.15) is 24.8 Å². The highest BCUT2D eigenvalue weighted by Crippen LogP contribution is 2.18. The maximum absolute atomic E-state index is 12.2. The minimum absolute atomic E-state index is 0.163. The lowest BCUT2D eigenvalue weighted by Crippen LogP contribution is -2.47. The van der Waals surface area contributed by atoms with Gasteiger partial charge in [0.2, 0.25) is 5.91 Å². The standard InChI is InChI=1S/C14H19N3O3/c1-16-10-11(9-15-16)6-7-13(18)17-8-4-3-5-12(17)14(19)20-2/h6-7,9-10,12H,3-5,8H2,1-2H3/b7-6+/t12-/m1/s1. The van der Waals surface area contributed by atoms with Gasteiger partial charge in [-0.2, -0.15) is 5.10 Å². The van der Waals surface area contributed by atoms with Crippen LogP contribution in [0, 0.1) is 0 Å². The Bertz CT molecular complexity index is 521. The number of aromatic nitrogens is 2. The van der Waals surface area contributed by atoms with Crippen LogP contribution in [0.4, 0.5) is 0 Å². The smallest absolute Gasteiger partial charge is 0.328 e. The quantitative estimate of drug-likeness (QED) is 0.610. The van der Waals surface area contributed by atoms with E-state index in [1.807, 2.05) is 13.2 Å². The molecular weight excluding hydrogens is 258 g/mol. The topological polar surface area (TPSA) is 64.4 Å². The molecule has 1 atom stereocenters. The molecule has 0 unspecified atom stereocenters. The van der Waals surface area contributed by atoms with Gasteiger partial charge in [-0.05, 0) is 25.3 Å². The van der Waals surface area contributed by atoms with Crippen LogP contribution < -0.4 is 0 Å². The van der Waals surface area contributed by atoms with Crippen molar-refractivity contribution in [2.75, 3.05) is 13.7 Å².